The Morgan fingerprint density at radius 1 is 1.04 bits per heavy atom. The normalized spacial score (nSPS) is 14.0. The van der Waals surface area contributed by atoms with Crippen LogP contribution in [0.4, 0.5) is 5.69 Å². The number of hydrogen-bond acceptors (Lipinski definition) is 4. The van der Waals surface area contributed by atoms with Gasteiger partial charge in [-0.25, -0.2) is 0 Å². The van der Waals surface area contributed by atoms with Crippen molar-refractivity contribution in [3.63, 3.8) is 0 Å². The van der Waals surface area contributed by atoms with Crippen molar-refractivity contribution in [2.75, 3.05) is 11.9 Å². The molecule has 3 amide bonds. The van der Waals surface area contributed by atoms with Crippen molar-refractivity contribution in [3.05, 3.63) is 65.2 Å². The summed E-state index contributed by atoms with van der Waals surface area (Å²) in [5, 5.41) is 11.6. The van der Waals surface area contributed by atoms with Crippen LogP contribution in [0.25, 0.3) is 0 Å². The number of benzene rings is 2. The van der Waals surface area contributed by atoms with Crippen molar-refractivity contribution in [2.24, 2.45) is 0 Å². The van der Waals surface area contributed by atoms with E-state index in [4.69, 9.17) is 5.11 Å². The summed E-state index contributed by atoms with van der Waals surface area (Å²) in [6, 6.07) is 13.9. The molecule has 0 bridgehead atoms. The van der Waals surface area contributed by atoms with Gasteiger partial charge in [-0.05, 0) is 30.2 Å². The van der Waals surface area contributed by atoms with Gasteiger partial charge in [0.2, 0.25) is 5.91 Å². The van der Waals surface area contributed by atoms with Gasteiger partial charge in [-0.1, -0.05) is 37.3 Å². The highest BCUT2D eigenvalue weighted by atomic mass is 16.4. The second kappa shape index (κ2) is 8.04. The number of carbonyl (C=O) groups is 4. The quantitative estimate of drug-likeness (QED) is 0.719. The maximum absolute atomic E-state index is 12.7. The highest BCUT2D eigenvalue weighted by molar-refractivity contribution is 6.22. The summed E-state index contributed by atoms with van der Waals surface area (Å²) in [6.45, 7) is 1.73. The zero-order chi connectivity index (χ0) is 20.3. The number of aliphatic carboxylic acids is 1. The largest absolute Gasteiger partial charge is 0.481 e. The zero-order valence-electron chi connectivity index (χ0n) is 15.3. The van der Waals surface area contributed by atoms with E-state index in [1.165, 1.54) is 12.1 Å². The molecule has 0 aromatic heterocycles. The molecule has 1 atom stereocenters. The van der Waals surface area contributed by atoms with E-state index in [0.29, 0.717) is 12.1 Å². The SMILES string of the molecule is CC[C@H](C(=O)Nc1ccc2c(c1)C(=O)N(CCC(=O)O)C2=O)c1ccccc1. The topological polar surface area (TPSA) is 104 Å². The molecule has 2 aromatic carbocycles. The highest BCUT2D eigenvalue weighted by Gasteiger charge is 2.35. The molecule has 2 N–H and O–H groups in total. The maximum Gasteiger partial charge on any atom is 0.305 e. The van der Waals surface area contributed by atoms with Gasteiger partial charge in [-0.3, -0.25) is 24.1 Å². The van der Waals surface area contributed by atoms with E-state index in [9.17, 15) is 19.2 Å². The third kappa shape index (κ3) is 3.78. The summed E-state index contributed by atoms with van der Waals surface area (Å²) in [7, 11) is 0. The van der Waals surface area contributed by atoms with E-state index >= 15 is 0 Å². The first-order valence-corrected chi connectivity index (χ1v) is 9.00. The molecule has 0 fully saturated rings. The summed E-state index contributed by atoms with van der Waals surface area (Å²) in [6.07, 6.45) is 0.297. The average Bonchev–Trinajstić information content (AvgIpc) is 2.91. The first-order chi connectivity index (χ1) is 13.4. The van der Waals surface area contributed by atoms with Crippen LogP contribution in [-0.4, -0.2) is 40.2 Å². The van der Waals surface area contributed by atoms with Crippen LogP contribution < -0.4 is 5.32 Å². The molecular weight excluding hydrogens is 360 g/mol. The molecule has 0 spiro atoms. The Morgan fingerprint density at radius 3 is 2.36 bits per heavy atom. The molecule has 144 valence electrons. The average molecular weight is 380 g/mol. The Labute approximate surface area is 162 Å². The molecule has 3 rings (SSSR count). The molecule has 7 heteroatoms. The molecule has 28 heavy (non-hydrogen) atoms. The smallest absolute Gasteiger partial charge is 0.305 e. The summed E-state index contributed by atoms with van der Waals surface area (Å²) in [4.78, 5) is 49.1. The van der Waals surface area contributed by atoms with Gasteiger partial charge < -0.3 is 10.4 Å². The molecule has 7 nitrogen and oxygen atoms in total. The maximum atomic E-state index is 12.7. The van der Waals surface area contributed by atoms with Crippen LogP contribution in [0, 0.1) is 0 Å². The summed E-state index contributed by atoms with van der Waals surface area (Å²) >= 11 is 0. The van der Waals surface area contributed by atoms with Gasteiger partial charge >= 0.3 is 5.97 Å². The van der Waals surface area contributed by atoms with E-state index in [1.54, 1.807) is 6.07 Å². The fourth-order valence-electron chi connectivity index (χ4n) is 3.27. The molecule has 2 aromatic rings. The van der Waals surface area contributed by atoms with Crippen LogP contribution in [0.3, 0.4) is 0 Å². The Balaban J connectivity index is 1.78. The highest BCUT2D eigenvalue weighted by Crippen LogP contribution is 2.27. The minimum atomic E-state index is -1.09. The number of carbonyl (C=O) groups excluding carboxylic acids is 3. The minimum absolute atomic E-state index is 0.168. The number of carboxylic acid groups (broad SMARTS) is 1. The van der Waals surface area contributed by atoms with Crippen LogP contribution in [-0.2, 0) is 9.59 Å². The molecule has 0 unspecified atom stereocenters. The van der Waals surface area contributed by atoms with Gasteiger partial charge in [-0.2, -0.15) is 0 Å². The van der Waals surface area contributed by atoms with Crippen molar-refractivity contribution in [2.45, 2.75) is 25.7 Å². The van der Waals surface area contributed by atoms with Crippen LogP contribution in [0.5, 0.6) is 0 Å². The second-order valence-electron chi connectivity index (χ2n) is 6.53. The van der Waals surface area contributed by atoms with Gasteiger partial charge in [0.1, 0.15) is 0 Å². The first-order valence-electron chi connectivity index (χ1n) is 9.00. The number of nitrogens with zero attached hydrogens (tertiary/aromatic N) is 1. The third-order valence-corrected chi connectivity index (χ3v) is 4.71. The predicted octanol–water partition coefficient (Wildman–Crippen LogP) is 2.89. The third-order valence-electron chi connectivity index (χ3n) is 4.71. The van der Waals surface area contributed by atoms with Gasteiger partial charge in [0.15, 0.2) is 0 Å². The van der Waals surface area contributed by atoms with Gasteiger partial charge in [-0.15, -0.1) is 0 Å². The fraction of sp³-hybridized carbons (Fsp3) is 0.238. The Hall–Kier alpha value is -3.48. The summed E-state index contributed by atoms with van der Waals surface area (Å²) in [5.74, 6) is -2.69. The fourth-order valence-corrected chi connectivity index (χ4v) is 3.27. The molecule has 1 heterocycles. The van der Waals surface area contributed by atoms with Crippen LogP contribution in [0.1, 0.15) is 52.0 Å². The van der Waals surface area contributed by atoms with E-state index in [0.717, 1.165) is 10.5 Å². The molecule has 0 saturated heterocycles. The van der Waals surface area contributed by atoms with Gasteiger partial charge in [0.05, 0.1) is 23.5 Å². The van der Waals surface area contributed by atoms with Crippen molar-refractivity contribution >= 4 is 29.4 Å². The predicted molar refractivity (Wildman–Crippen MR) is 102 cm³/mol. The van der Waals surface area contributed by atoms with Crippen molar-refractivity contribution < 1.29 is 24.3 Å². The van der Waals surface area contributed by atoms with Crippen LogP contribution >= 0.6 is 0 Å². The lowest BCUT2D eigenvalue weighted by atomic mass is 9.95. The van der Waals surface area contributed by atoms with E-state index in [-0.39, 0.29) is 35.9 Å². The van der Waals surface area contributed by atoms with Crippen molar-refractivity contribution in [1.29, 1.82) is 0 Å². The molecule has 1 aliphatic heterocycles. The number of carboxylic acids is 1. The number of imide groups is 1. The lowest BCUT2D eigenvalue weighted by Gasteiger charge is -2.15. The number of nitrogens with one attached hydrogen (secondary N) is 1. The van der Waals surface area contributed by atoms with E-state index in [2.05, 4.69) is 5.32 Å². The van der Waals surface area contributed by atoms with Crippen LogP contribution in [0.2, 0.25) is 0 Å². The Morgan fingerprint density at radius 2 is 1.71 bits per heavy atom. The molecule has 0 saturated carbocycles. The number of rotatable bonds is 7. The lowest BCUT2D eigenvalue weighted by molar-refractivity contribution is -0.137. The summed E-state index contributed by atoms with van der Waals surface area (Å²) < 4.78 is 0. The lowest BCUT2D eigenvalue weighted by Crippen LogP contribution is -2.31. The monoisotopic (exact) mass is 380 g/mol. The van der Waals surface area contributed by atoms with Crippen molar-refractivity contribution in [1.82, 2.24) is 4.90 Å². The second-order valence-corrected chi connectivity index (χ2v) is 6.53. The minimum Gasteiger partial charge on any atom is -0.481 e. The zero-order valence-corrected chi connectivity index (χ0v) is 15.3. The Bertz CT molecular complexity index is 939. The summed E-state index contributed by atoms with van der Waals surface area (Å²) in [5.41, 5.74) is 1.69. The molecule has 1 aliphatic rings. The van der Waals surface area contributed by atoms with Crippen molar-refractivity contribution in [3.8, 4) is 0 Å². The number of hydrogen-bond donors (Lipinski definition) is 2. The standard InChI is InChI=1S/C21H20N2O5/c1-2-15(13-6-4-3-5-7-13)19(26)22-14-8-9-16-17(12-14)21(28)23(20(16)27)11-10-18(24)25/h3-9,12,15H,2,10-11H2,1H3,(H,22,26)(H,24,25)/t15-/m0/s1. The molecule has 0 aliphatic carbocycles. The van der Waals surface area contributed by atoms with Crippen LogP contribution in [0.15, 0.2) is 48.5 Å². The number of amides is 3. The van der Waals surface area contributed by atoms with Gasteiger partial charge in [0.25, 0.3) is 11.8 Å². The molecular formula is C21H20N2O5. The number of fused-ring (bicyclic) bond motifs is 1. The molecule has 0 radical (unpaired) electrons. The first kappa shape index (κ1) is 19.3. The van der Waals surface area contributed by atoms with E-state index < -0.39 is 17.8 Å². The van der Waals surface area contributed by atoms with Gasteiger partial charge in [0, 0.05) is 12.2 Å². The van der Waals surface area contributed by atoms with E-state index in [1.807, 2.05) is 37.3 Å². The number of anilines is 1. The Kier molecular flexibility index (Phi) is 5.54.